The highest BCUT2D eigenvalue weighted by Crippen LogP contribution is 2.45. The number of amides is 1. The highest BCUT2D eigenvalue weighted by molar-refractivity contribution is 7.39. The van der Waals surface area contributed by atoms with E-state index < -0.39 is 11.4 Å². The Labute approximate surface area is 205 Å². The second kappa shape index (κ2) is 11.9. The van der Waals surface area contributed by atoms with E-state index >= 15 is 0 Å². The third-order valence-corrected chi connectivity index (χ3v) is 9.24. The Balaban J connectivity index is 0.00000199. The number of nitrogens with two attached hydrogens (primary N) is 1. The van der Waals surface area contributed by atoms with Gasteiger partial charge in [0.1, 0.15) is 12.1 Å². The maximum Gasteiger partial charge on any atom is 0.241 e. The lowest BCUT2D eigenvalue weighted by Crippen LogP contribution is -2.48. The number of tetrazole rings is 1. The van der Waals surface area contributed by atoms with Crippen LogP contribution in [0.15, 0.2) is 35.5 Å². The van der Waals surface area contributed by atoms with Gasteiger partial charge < -0.3 is 10.6 Å². The van der Waals surface area contributed by atoms with E-state index in [1.54, 1.807) is 0 Å². The number of primary amides is 1. The van der Waals surface area contributed by atoms with Crippen LogP contribution in [0.2, 0.25) is 0 Å². The molecule has 0 saturated carbocycles. The van der Waals surface area contributed by atoms with Crippen LogP contribution in [0.3, 0.4) is 0 Å². The summed E-state index contributed by atoms with van der Waals surface area (Å²) in [5.41, 5.74) is 5.51. The summed E-state index contributed by atoms with van der Waals surface area (Å²) < 4.78 is 0. The molecule has 0 aliphatic carbocycles. The Morgan fingerprint density at radius 1 is 1.18 bits per heavy atom. The molecule has 2 heterocycles. The number of carbonyl (C=O) groups excluding carboxylic acids is 1. The van der Waals surface area contributed by atoms with E-state index in [4.69, 9.17) is 5.73 Å². The average Bonchev–Trinajstić information content (AvgIpc) is 3.32. The molecule has 2 aromatic rings. The summed E-state index contributed by atoms with van der Waals surface area (Å²) in [5, 5.41) is 16.2. The maximum atomic E-state index is 11.4. The first-order chi connectivity index (χ1) is 16.2. The average molecular weight is 490 g/mol. The van der Waals surface area contributed by atoms with Gasteiger partial charge in [0.2, 0.25) is 5.91 Å². The van der Waals surface area contributed by atoms with E-state index in [2.05, 4.69) is 51.2 Å². The molecule has 1 aliphatic heterocycles. The van der Waals surface area contributed by atoms with Gasteiger partial charge in [0.25, 0.3) is 0 Å². The molecule has 188 valence electrons. The van der Waals surface area contributed by atoms with E-state index in [1.165, 1.54) is 4.80 Å². The maximum absolute atomic E-state index is 11.4. The summed E-state index contributed by atoms with van der Waals surface area (Å²) in [6.07, 6.45) is 2.62. The van der Waals surface area contributed by atoms with Crippen molar-refractivity contribution in [3.8, 4) is 0 Å². The Kier molecular flexibility index (Phi) is 9.83. The minimum atomic E-state index is -0.591. The molecule has 0 spiro atoms. The molecule has 2 atom stereocenters. The molecule has 3 rings (SSSR count). The summed E-state index contributed by atoms with van der Waals surface area (Å²) in [7, 11) is 0.636. The van der Waals surface area contributed by atoms with Crippen LogP contribution < -0.4 is 5.73 Å². The molecular formula is C24H40N7O2P. The van der Waals surface area contributed by atoms with Crippen molar-refractivity contribution in [3.05, 3.63) is 46.6 Å². The van der Waals surface area contributed by atoms with Crippen molar-refractivity contribution in [1.82, 2.24) is 25.1 Å². The van der Waals surface area contributed by atoms with Crippen molar-refractivity contribution in [1.29, 1.82) is 0 Å². The molecule has 10 heteroatoms. The minimum Gasteiger partial charge on any atom is -0.368 e. The summed E-state index contributed by atoms with van der Waals surface area (Å²) in [5.74, 6) is 0.140. The second-order valence-corrected chi connectivity index (χ2v) is 11.0. The fraction of sp³-hybridized carbons (Fsp3) is 0.667. The number of piperidine rings is 1. The van der Waals surface area contributed by atoms with Crippen LogP contribution in [0.25, 0.3) is 0 Å². The SMILES string of the molecule is CC.CPC(C)(CCN1CCC(c2ccccc2)(c2nnn(CC(N)=O)n2)CC1)C(C)(C)N=O. The molecule has 1 saturated heterocycles. The number of rotatable bonds is 10. The number of benzene rings is 1. The van der Waals surface area contributed by atoms with E-state index in [0.29, 0.717) is 14.4 Å². The molecule has 1 amide bonds. The van der Waals surface area contributed by atoms with Gasteiger partial charge >= 0.3 is 0 Å². The monoisotopic (exact) mass is 489 g/mol. The van der Waals surface area contributed by atoms with E-state index in [-0.39, 0.29) is 17.1 Å². The van der Waals surface area contributed by atoms with Crippen molar-refractivity contribution in [3.63, 3.8) is 0 Å². The van der Waals surface area contributed by atoms with Crippen LogP contribution in [0.4, 0.5) is 0 Å². The molecule has 1 aromatic carbocycles. The van der Waals surface area contributed by atoms with Gasteiger partial charge in [0, 0.05) is 5.16 Å². The third-order valence-electron chi connectivity index (χ3n) is 7.27. The lowest BCUT2D eigenvalue weighted by molar-refractivity contribution is -0.119. The largest absolute Gasteiger partial charge is 0.368 e. The molecule has 34 heavy (non-hydrogen) atoms. The van der Waals surface area contributed by atoms with E-state index in [1.807, 2.05) is 45.9 Å². The molecule has 0 radical (unpaired) electrons. The predicted octanol–water partition coefficient (Wildman–Crippen LogP) is 3.57. The quantitative estimate of drug-likeness (QED) is 0.402. The molecular weight excluding hydrogens is 449 g/mol. The molecule has 2 unspecified atom stereocenters. The minimum absolute atomic E-state index is 0.0824. The standard InChI is InChI=1S/C22H34N7O2P.C2H6/c1-20(2,26-31)21(3,32-4)10-13-28-14-11-22(12-15-28,17-8-6-5-7-9-17)19-24-27-29(25-19)16-18(23)30;1-2/h5-9,32H,10-16H2,1-4H3,(H2,23,30);1-2H3. The Bertz CT molecular complexity index is 926. The molecule has 1 aliphatic rings. The number of aromatic nitrogens is 4. The number of likely N-dealkylation sites (tertiary alicyclic amines) is 1. The molecule has 1 fully saturated rings. The summed E-state index contributed by atoms with van der Waals surface area (Å²) in [4.78, 5) is 26.4. The number of hydrogen-bond acceptors (Lipinski definition) is 7. The lowest BCUT2D eigenvalue weighted by atomic mass is 9.72. The highest BCUT2D eigenvalue weighted by atomic mass is 31.1. The number of hydrogen-bond donors (Lipinski definition) is 1. The van der Waals surface area contributed by atoms with Gasteiger partial charge in [0.15, 0.2) is 5.82 Å². The highest BCUT2D eigenvalue weighted by Gasteiger charge is 2.44. The number of nitroso groups, excluding NO2 is 1. The third kappa shape index (κ3) is 6.05. The van der Waals surface area contributed by atoms with Crippen LogP contribution in [0, 0.1) is 4.91 Å². The van der Waals surface area contributed by atoms with Crippen molar-refractivity contribution < 1.29 is 4.79 Å². The number of nitrogens with zero attached hydrogens (tertiary/aromatic N) is 6. The zero-order chi connectivity index (χ0) is 25.4. The first kappa shape index (κ1) is 28.0. The van der Waals surface area contributed by atoms with Gasteiger partial charge in [-0.2, -0.15) is 9.70 Å². The zero-order valence-corrected chi connectivity index (χ0v) is 22.4. The number of carbonyl (C=O) groups is 1. The van der Waals surface area contributed by atoms with E-state index in [9.17, 15) is 9.70 Å². The van der Waals surface area contributed by atoms with Crippen molar-refractivity contribution in [2.75, 3.05) is 26.3 Å². The fourth-order valence-corrected chi connectivity index (χ4v) is 5.44. The summed E-state index contributed by atoms with van der Waals surface area (Å²) in [6, 6.07) is 10.3. The topological polar surface area (TPSA) is 119 Å². The Hall–Kier alpha value is -2.25. The van der Waals surface area contributed by atoms with E-state index in [0.717, 1.165) is 44.5 Å². The van der Waals surface area contributed by atoms with Gasteiger partial charge in [-0.15, -0.1) is 18.8 Å². The zero-order valence-electron chi connectivity index (χ0n) is 21.4. The van der Waals surface area contributed by atoms with Crippen LogP contribution in [0.1, 0.15) is 65.3 Å². The Morgan fingerprint density at radius 3 is 2.32 bits per heavy atom. The lowest BCUT2D eigenvalue weighted by Gasteiger charge is -2.43. The van der Waals surface area contributed by atoms with Gasteiger partial charge in [-0.1, -0.05) is 56.3 Å². The molecule has 0 bridgehead atoms. The first-order valence-corrected chi connectivity index (χ1v) is 13.5. The smallest absolute Gasteiger partial charge is 0.241 e. The second-order valence-electron chi connectivity index (χ2n) is 9.38. The van der Waals surface area contributed by atoms with Crippen LogP contribution in [-0.2, 0) is 16.8 Å². The van der Waals surface area contributed by atoms with Gasteiger partial charge in [-0.25, -0.2) is 0 Å². The van der Waals surface area contributed by atoms with Crippen LogP contribution in [-0.4, -0.2) is 68.0 Å². The van der Waals surface area contributed by atoms with Crippen LogP contribution >= 0.6 is 8.58 Å². The fourth-order valence-electron chi connectivity index (χ4n) is 4.42. The summed E-state index contributed by atoms with van der Waals surface area (Å²) >= 11 is 0. The Morgan fingerprint density at radius 2 is 1.79 bits per heavy atom. The molecule has 2 N–H and O–H groups in total. The predicted molar refractivity (Wildman–Crippen MR) is 138 cm³/mol. The molecule has 9 nitrogen and oxygen atoms in total. The van der Waals surface area contributed by atoms with Crippen molar-refractivity contribution in [2.45, 2.75) is 76.5 Å². The molecule has 1 aromatic heterocycles. The van der Waals surface area contributed by atoms with Gasteiger partial charge in [0.05, 0.1) is 5.41 Å². The first-order valence-electron chi connectivity index (χ1n) is 12.0. The van der Waals surface area contributed by atoms with Crippen molar-refractivity contribution in [2.24, 2.45) is 10.9 Å². The van der Waals surface area contributed by atoms with Crippen LogP contribution in [0.5, 0.6) is 0 Å². The van der Waals surface area contributed by atoms with Crippen molar-refractivity contribution >= 4 is 14.5 Å². The van der Waals surface area contributed by atoms with Gasteiger partial charge in [-0.05, 0) is 70.2 Å². The van der Waals surface area contributed by atoms with Gasteiger partial charge in [-0.3, -0.25) is 4.79 Å². The summed E-state index contributed by atoms with van der Waals surface area (Å²) in [6.45, 7) is 14.8. The normalized spacial score (nSPS) is 18.2.